The minimum atomic E-state index is -0.640. The molecule has 1 N–H and O–H groups in total. The highest BCUT2D eigenvalue weighted by Crippen LogP contribution is 2.23. The number of nitrogens with one attached hydrogen (secondary N) is 1. The number of carbonyl (C=O) groups is 1. The van der Waals surface area contributed by atoms with E-state index in [1.165, 1.54) is 30.6 Å². The number of pyridine rings is 1. The van der Waals surface area contributed by atoms with Gasteiger partial charge in [0.1, 0.15) is 0 Å². The van der Waals surface area contributed by atoms with Gasteiger partial charge in [-0.2, -0.15) is 11.3 Å². The first-order valence-electron chi connectivity index (χ1n) is 5.60. The van der Waals surface area contributed by atoms with Crippen LogP contribution in [0.25, 0.3) is 0 Å². The van der Waals surface area contributed by atoms with Crippen molar-refractivity contribution >= 4 is 28.8 Å². The summed E-state index contributed by atoms with van der Waals surface area (Å²) in [5.41, 5.74) is 0.813. The predicted molar refractivity (Wildman–Crippen MR) is 73.9 cm³/mol. The number of esters is 1. The number of nitrogens with zero attached hydrogens (tertiary/aromatic N) is 2. The highest BCUT2D eigenvalue weighted by atomic mass is 32.1. The minimum Gasteiger partial charge on any atom is -0.464 e. The molecule has 2 rings (SSSR count). The van der Waals surface area contributed by atoms with Gasteiger partial charge in [-0.05, 0) is 28.5 Å². The maximum atomic E-state index is 11.4. The Kier molecular flexibility index (Phi) is 4.26. The Morgan fingerprint density at radius 3 is 2.90 bits per heavy atom. The third-order valence-corrected chi connectivity index (χ3v) is 3.24. The molecule has 0 spiro atoms. The molecule has 104 valence electrons. The molecule has 2 aromatic rings. The lowest BCUT2D eigenvalue weighted by Gasteiger charge is -2.06. The second kappa shape index (κ2) is 6.11. The zero-order valence-electron chi connectivity index (χ0n) is 10.5. The van der Waals surface area contributed by atoms with Gasteiger partial charge in [-0.1, -0.05) is 0 Å². The Morgan fingerprint density at radius 2 is 2.30 bits per heavy atom. The lowest BCUT2D eigenvalue weighted by atomic mass is 10.3. The number of thiophene rings is 1. The smallest absolute Gasteiger partial charge is 0.356 e. The van der Waals surface area contributed by atoms with Crippen LogP contribution in [0.1, 0.15) is 16.1 Å². The average Bonchev–Trinajstić information content (AvgIpc) is 2.97. The van der Waals surface area contributed by atoms with Crippen molar-refractivity contribution in [2.45, 2.75) is 6.54 Å². The van der Waals surface area contributed by atoms with Gasteiger partial charge in [-0.15, -0.1) is 0 Å². The molecule has 0 atom stereocenters. The molecule has 0 aliphatic carbocycles. The van der Waals surface area contributed by atoms with Gasteiger partial charge in [0.05, 0.1) is 12.0 Å². The molecule has 2 heterocycles. The third-order valence-electron chi connectivity index (χ3n) is 2.51. The van der Waals surface area contributed by atoms with E-state index in [0.717, 1.165) is 5.56 Å². The monoisotopic (exact) mass is 293 g/mol. The Bertz CT molecular complexity index is 628. The van der Waals surface area contributed by atoms with Gasteiger partial charge in [-0.25, -0.2) is 9.78 Å². The van der Waals surface area contributed by atoms with Crippen LogP contribution in [0.5, 0.6) is 0 Å². The Balaban J connectivity index is 2.26. The summed E-state index contributed by atoms with van der Waals surface area (Å²) in [6.45, 7) is 0.391. The zero-order chi connectivity index (χ0) is 14.5. The van der Waals surface area contributed by atoms with Crippen LogP contribution >= 0.6 is 11.3 Å². The summed E-state index contributed by atoms with van der Waals surface area (Å²) in [6.07, 6.45) is 0. The van der Waals surface area contributed by atoms with E-state index in [1.807, 2.05) is 16.8 Å². The van der Waals surface area contributed by atoms with Crippen molar-refractivity contribution in [2.75, 3.05) is 12.4 Å². The largest absolute Gasteiger partial charge is 0.464 e. The molecule has 0 aliphatic rings. The number of rotatable bonds is 5. The van der Waals surface area contributed by atoms with Crippen molar-refractivity contribution in [3.05, 3.63) is 50.3 Å². The second-order valence-electron chi connectivity index (χ2n) is 3.80. The average molecular weight is 293 g/mol. The quantitative estimate of drug-likeness (QED) is 0.517. The highest BCUT2D eigenvalue weighted by Gasteiger charge is 2.18. The first kappa shape index (κ1) is 13.9. The molecule has 0 saturated carbocycles. The van der Waals surface area contributed by atoms with Crippen molar-refractivity contribution in [1.82, 2.24) is 4.98 Å². The first-order chi connectivity index (χ1) is 9.61. The van der Waals surface area contributed by atoms with Crippen LogP contribution in [0.15, 0.2) is 29.0 Å². The number of ether oxygens (including phenoxy) is 1. The standard InChI is InChI=1S/C12H11N3O4S/c1-19-12(16)9-2-3-10(15(17)18)11(14-9)13-6-8-4-5-20-7-8/h2-5,7H,6H2,1H3,(H,13,14). The van der Waals surface area contributed by atoms with Crippen LogP contribution < -0.4 is 5.32 Å². The maximum Gasteiger partial charge on any atom is 0.356 e. The predicted octanol–water partition coefficient (Wildman–Crippen LogP) is 2.45. The molecule has 8 heteroatoms. The number of hydrogen-bond donors (Lipinski definition) is 1. The maximum absolute atomic E-state index is 11.4. The SMILES string of the molecule is COC(=O)c1ccc([N+](=O)[O-])c(NCc2ccsc2)n1. The summed E-state index contributed by atoms with van der Waals surface area (Å²) >= 11 is 1.53. The van der Waals surface area contributed by atoms with Crippen molar-refractivity contribution in [3.8, 4) is 0 Å². The number of carbonyl (C=O) groups excluding carboxylic acids is 1. The van der Waals surface area contributed by atoms with Crippen molar-refractivity contribution in [1.29, 1.82) is 0 Å². The van der Waals surface area contributed by atoms with Gasteiger partial charge >= 0.3 is 11.7 Å². The van der Waals surface area contributed by atoms with Gasteiger partial charge < -0.3 is 10.1 Å². The minimum absolute atomic E-state index is 0.0194. The molecule has 0 amide bonds. The Labute approximate surface area is 118 Å². The van der Waals surface area contributed by atoms with Crippen LogP contribution in [-0.2, 0) is 11.3 Å². The van der Waals surface area contributed by atoms with Crippen LogP contribution in [-0.4, -0.2) is 23.0 Å². The van der Waals surface area contributed by atoms with E-state index >= 15 is 0 Å². The van der Waals surface area contributed by atoms with E-state index in [4.69, 9.17) is 0 Å². The van der Waals surface area contributed by atoms with Crippen molar-refractivity contribution in [3.63, 3.8) is 0 Å². The molecule has 2 aromatic heterocycles. The van der Waals surface area contributed by atoms with Gasteiger partial charge in [0.2, 0.25) is 5.82 Å². The lowest BCUT2D eigenvalue weighted by Crippen LogP contribution is -2.09. The van der Waals surface area contributed by atoms with E-state index in [9.17, 15) is 14.9 Å². The number of aromatic nitrogens is 1. The third kappa shape index (κ3) is 3.09. The van der Waals surface area contributed by atoms with Gasteiger partial charge in [0.25, 0.3) is 0 Å². The summed E-state index contributed by atoms with van der Waals surface area (Å²) in [4.78, 5) is 25.7. The van der Waals surface area contributed by atoms with E-state index in [-0.39, 0.29) is 17.2 Å². The first-order valence-corrected chi connectivity index (χ1v) is 6.55. The summed E-state index contributed by atoms with van der Waals surface area (Å²) in [5, 5.41) is 17.6. The van der Waals surface area contributed by atoms with Gasteiger partial charge in [0, 0.05) is 12.6 Å². The summed E-state index contributed by atoms with van der Waals surface area (Å²) in [7, 11) is 1.23. The normalized spacial score (nSPS) is 10.1. The lowest BCUT2D eigenvalue weighted by molar-refractivity contribution is -0.384. The number of hydrogen-bond acceptors (Lipinski definition) is 7. The topological polar surface area (TPSA) is 94.4 Å². The molecule has 0 saturated heterocycles. The van der Waals surface area contributed by atoms with E-state index in [2.05, 4.69) is 15.0 Å². The summed E-state index contributed by atoms with van der Waals surface area (Å²) in [5.74, 6) is -0.595. The molecule has 0 radical (unpaired) electrons. The van der Waals surface area contributed by atoms with Crippen LogP contribution in [0.2, 0.25) is 0 Å². The zero-order valence-corrected chi connectivity index (χ0v) is 11.3. The molecule has 0 fully saturated rings. The van der Waals surface area contributed by atoms with Crippen molar-refractivity contribution < 1.29 is 14.5 Å². The summed E-state index contributed by atoms with van der Waals surface area (Å²) in [6, 6.07) is 4.39. The number of anilines is 1. The molecule has 0 bridgehead atoms. The fourth-order valence-electron chi connectivity index (χ4n) is 1.53. The van der Waals surface area contributed by atoms with Gasteiger partial charge in [0.15, 0.2) is 5.69 Å². The van der Waals surface area contributed by atoms with Gasteiger partial charge in [-0.3, -0.25) is 10.1 Å². The number of nitro groups is 1. The van der Waals surface area contributed by atoms with Crippen LogP contribution in [0, 0.1) is 10.1 Å². The molecular weight excluding hydrogens is 282 g/mol. The van der Waals surface area contributed by atoms with E-state index < -0.39 is 10.9 Å². The second-order valence-corrected chi connectivity index (χ2v) is 4.58. The fraction of sp³-hybridized carbons (Fsp3) is 0.167. The molecule has 0 aromatic carbocycles. The van der Waals surface area contributed by atoms with E-state index in [1.54, 1.807) is 0 Å². The summed E-state index contributed by atoms with van der Waals surface area (Å²) < 4.78 is 4.54. The molecule has 20 heavy (non-hydrogen) atoms. The van der Waals surface area contributed by atoms with Crippen LogP contribution in [0.3, 0.4) is 0 Å². The number of methoxy groups -OCH3 is 1. The molecule has 7 nitrogen and oxygen atoms in total. The van der Waals surface area contributed by atoms with Crippen LogP contribution in [0.4, 0.5) is 11.5 Å². The highest BCUT2D eigenvalue weighted by molar-refractivity contribution is 7.07. The Hall–Kier alpha value is -2.48. The van der Waals surface area contributed by atoms with E-state index in [0.29, 0.717) is 6.54 Å². The van der Waals surface area contributed by atoms with Crippen molar-refractivity contribution in [2.24, 2.45) is 0 Å². The Morgan fingerprint density at radius 1 is 1.50 bits per heavy atom. The molecular formula is C12H11N3O4S. The fourth-order valence-corrected chi connectivity index (χ4v) is 2.20. The molecule has 0 aliphatic heterocycles. The molecule has 0 unspecified atom stereocenters.